The Morgan fingerprint density at radius 3 is 2.61 bits per heavy atom. The second kappa shape index (κ2) is 6.87. The number of nitrogens with zero attached hydrogens (tertiary/aromatic N) is 2. The highest BCUT2D eigenvalue weighted by molar-refractivity contribution is 5.29. The zero-order chi connectivity index (χ0) is 15.5. The molecule has 122 valence electrons. The van der Waals surface area contributed by atoms with Crippen molar-refractivity contribution >= 4 is 0 Å². The average Bonchev–Trinajstić information content (AvgIpc) is 3.14. The van der Waals surface area contributed by atoms with Crippen LogP contribution in [0.2, 0.25) is 0 Å². The van der Waals surface area contributed by atoms with Crippen molar-refractivity contribution in [2.24, 2.45) is 0 Å². The Bertz CT molecular complexity index is 619. The smallest absolute Gasteiger partial charge is 0.122 e. The van der Waals surface area contributed by atoms with E-state index in [1.807, 2.05) is 6.07 Å². The molecule has 0 spiro atoms. The van der Waals surface area contributed by atoms with Crippen molar-refractivity contribution in [3.8, 4) is 0 Å². The van der Waals surface area contributed by atoms with Gasteiger partial charge in [-0.3, -0.25) is 9.80 Å². The highest BCUT2D eigenvalue weighted by Crippen LogP contribution is 2.29. The number of furan rings is 1. The predicted molar refractivity (Wildman–Crippen MR) is 91.3 cm³/mol. The fourth-order valence-corrected chi connectivity index (χ4v) is 3.79. The van der Waals surface area contributed by atoms with Gasteiger partial charge in [-0.2, -0.15) is 0 Å². The molecule has 4 heteroatoms. The molecule has 3 heterocycles. The lowest BCUT2D eigenvalue weighted by Crippen LogP contribution is -2.47. The molecule has 1 aromatic heterocycles. The van der Waals surface area contributed by atoms with Crippen LogP contribution in [-0.2, 0) is 13.0 Å². The number of rotatable bonds is 4. The van der Waals surface area contributed by atoms with Crippen LogP contribution in [0.1, 0.15) is 22.9 Å². The summed E-state index contributed by atoms with van der Waals surface area (Å²) in [5.74, 6) is 1.10. The molecule has 4 rings (SSSR count). The van der Waals surface area contributed by atoms with Gasteiger partial charge in [0.2, 0.25) is 0 Å². The third kappa shape index (κ3) is 3.34. The summed E-state index contributed by atoms with van der Waals surface area (Å²) < 4.78 is 5.79. The lowest BCUT2D eigenvalue weighted by atomic mass is 9.98. The maximum Gasteiger partial charge on any atom is 0.122 e. The van der Waals surface area contributed by atoms with E-state index in [9.17, 15) is 0 Å². The van der Waals surface area contributed by atoms with E-state index >= 15 is 0 Å². The Labute approximate surface area is 138 Å². The molecule has 1 fully saturated rings. The van der Waals surface area contributed by atoms with Crippen LogP contribution in [0.25, 0.3) is 0 Å². The maximum atomic E-state index is 5.79. The van der Waals surface area contributed by atoms with E-state index in [0.717, 1.165) is 58.0 Å². The maximum absolute atomic E-state index is 5.79. The van der Waals surface area contributed by atoms with Crippen LogP contribution in [0, 0.1) is 0 Å². The minimum atomic E-state index is 0.344. The van der Waals surface area contributed by atoms with Crippen molar-refractivity contribution < 1.29 is 4.42 Å². The van der Waals surface area contributed by atoms with Crippen LogP contribution in [-0.4, -0.2) is 49.1 Å². The number of nitrogens with one attached hydrogen (secondary N) is 1. The van der Waals surface area contributed by atoms with Gasteiger partial charge in [0, 0.05) is 45.8 Å². The molecular weight excluding hydrogens is 286 g/mol. The number of fused-ring (bicyclic) bond motifs is 1. The fourth-order valence-electron chi connectivity index (χ4n) is 3.79. The van der Waals surface area contributed by atoms with Gasteiger partial charge in [-0.15, -0.1) is 0 Å². The number of hydrogen-bond acceptors (Lipinski definition) is 4. The summed E-state index contributed by atoms with van der Waals surface area (Å²) in [6, 6.07) is 13.3. The molecule has 1 atom stereocenters. The van der Waals surface area contributed by atoms with E-state index in [0.29, 0.717) is 6.04 Å². The lowest BCUT2D eigenvalue weighted by molar-refractivity contribution is 0.104. The van der Waals surface area contributed by atoms with Gasteiger partial charge in [-0.05, 0) is 29.7 Å². The molecule has 0 aliphatic carbocycles. The zero-order valence-corrected chi connectivity index (χ0v) is 13.6. The van der Waals surface area contributed by atoms with Crippen LogP contribution in [0.15, 0.2) is 47.1 Å². The van der Waals surface area contributed by atoms with Gasteiger partial charge < -0.3 is 9.73 Å². The monoisotopic (exact) mass is 311 g/mol. The molecule has 23 heavy (non-hydrogen) atoms. The topological polar surface area (TPSA) is 31.7 Å². The van der Waals surface area contributed by atoms with Crippen molar-refractivity contribution in [2.75, 3.05) is 39.3 Å². The largest absolute Gasteiger partial charge is 0.468 e. The predicted octanol–water partition coefficient (Wildman–Crippen LogP) is 2.28. The summed E-state index contributed by atoms with van der Waals surface area (Å²) in [6.07, 6.45) is 2.94. The van der Waals surface area contributed by atoms with E-state index in [1.54, 1.807) is 6.26 Å². The lowest BCUT2D eigenvalue weighted by Gasteiger charge is -2.38. The van der Waals surface area contributed by atoms with E-state index in [4.69, 9.17) is 4.42 Å². The van der Waals surface area contributed by atoms with Gasteiger partial charge in [-0.1, -0.05) is 24.3 Å². The van der Waals surface area contributed by atoms with Gasteiger partial charge in [0.25, 0.3) is 0 Å². The zero-order valence-electron chi connectivity index (χ0n) is 13.6. The molecule has 0 amide bonds. The second-order valence-electron chi connectivity index (χ2n) is 6.57. The summed E-state index contributed by atoms with van der Waals surface area (Å²) in [5, 5.41) is 3.44. The van der Waals surface area contributed by atoms with Crippen LogP contribution in [0.3, 0.4) is 0 Å². The molecule has 2 aromatic rings. The molecule has 2 aliphatic rings. The molecule has 1 aromatic carbocycles. The number of benzene rings is 1. The summed E-state index contributed by atoms with van der Waals surface area (Å²) in [7, 11) is 0. The Balaban J connectivity index is 1.53. The average molecular weight is 311 g/mol. The number of piperazine rings is 1. The Morgan fingerprint density at radius 1 is 1.00 bits per heavy atom. The minimum Gasteiger partial charge on any atom is -0.468 e. The molecule has 1 saturated heterocycles. The first kappa shape index (κ1) is 14.9. The quantitative estimate of drug-likeness (QED) is 0.939. The fraction of sp³-hybridized carbons (Fsp3) is 0.474. The summed E-state index contributed by atoms with van der Waals surface area (Å²) >= 11 is 0. The van der Waals surface area contributed by atoms with Crippen molar-refractivity contribution in [2.45, 2.75) is 19.0 Å². The van der Waals surface area contributed by atoms with Crippen LogP contribution >= 0.6 is 0 Å². The summed E-state index contributed by atoms with van der Waals surface area (Å²) in [5.41, 5.74) is 2.97. The molecule has 1 unspecified atom stereocenters. The Morgan fingerprint density at radius 2 is 1.83 bits per heavy atom. The first-order valence-electron chi connectivity index (χ1n) is 8.67. The van der Waals surface area contributed by atoms with Crippen LogP contribution < -0.4 is 5.32 Å². The highest BCUT2D eigenvalue weighted by Gasteiger charge is 2.28. The highest BCUT2D eigenvalue weighted by atomic mass is 16.3. The summed E-state index contributed by atoms with van der Waals surface area (Å²) in [4.78, 5) is 5.15. The molecule has 4 nitrogen and oxygen atoms in total. The van der Waals surface area contributed by atoms with Crippen molar-refractivity contribution in [1.82, 2.24) is 15.1 Å². The van der Waals surface area contributed by atoms with Gasteiger partial charge in [-0.25, -0.2) is 0 Å². The second-order valence-corrected chi connectivity index (χ2v) is 6.57. The molecule has 2 aliphatic heterocycles. The van der Waals surface area contributed by atoms with Crippen molar-refractivity contribution in [1.29, 1.82) is 0 Å². The Hall–Kier alpha value is -1.62. The third-order valence-corrected chi connectivity index (χ3v) is 5.11. The molecule has 0 radical (unpaired) electrons. The standard InChI is InChI=1S/C19H25N3O/c1-2-5-17-14-22(10-7-16(17)4-1)18(19-6-3-13-23-19)15-21-11-8-20-9-12-21/h1-6,13,18,20H,7-12,14-15H2. The van der Waals surface area contributed by atoms with Crippen molar-refractivity contribution in [3.63, 3.8) is 0 Å². The van der Waals surface area contributed by atoms with Gasteiger partial charge >= 0.3 is 0 Å². The SMILES string of the molecule is c1coc(C(CN2CCNCC2)N2CCc3ccccc3C2)c1. The van der Waals surface area contributed by atoms with Gasteiger partial charge in [0.15, 0.2) is 0 Å². The first-order chi connectivity index (χ1) is 11.4. The van der Waals surface area contributed by atoms with E-state index in [1.165, 1.54) is 11.1 Å². The van der Waals surface area contributed by atoms with Gasteiger partial charge in [0.05, 0.1) is 12.3 Å². The van der Waals surface area contributed by atoms with Crippen molar-refractivity contribution in [3.05, 3.63) is 59.5 Å². The first-order valence-corrected chi connectivity index (χ1v) is 8.67. The normalized spacial score (nSPS) is 21.0. The van der Waals surface area contributed by atoms with E-state index in [-0.39, 0.29) is 0 Å². The van der Waals surface area contributed by atoms with E-state index < -0.39 is 0 Å². The molecule has 1 N–H and O–H groups in total. The summed E-state index contributed by atoms with van der Waals surface area (Å²) in [6.45, 7) is 7.62. The molecule has 0 saturated carbocycles. The minimum absolute atomic E-state index is 0.344. The number of hydrogen-bond donors (Lipinski definition) is 1. The molecular formula is C19H25N3O. The molecule has 0 bridgehead atoms. The van der Waals surface area contributed by atoms with Crippen LogP contribution in [0.4, 0.5) is 0 Å². The Kier molecular flexibility index (Phi) is 4.46. The van der Waals surface area contributed by atoms with Gasteiger partial charge in [0.1, 0.15) is 5.76 Å². The third-order valence-electron chi connectivity index (χ3n) is 5.11. The van der Waals surface area contributed by atoms with E-state index in [2.05, 4.69) is 45.4 Å². The van der Waals surface area contributed by atoms with Crippen LogP contribution in [0.5, 0.6) is 0 Å².